The fourth-order valence-corrected chi connectivity index (χ4v) is 1.56. The molecule has 0 amide bonds. The van der Waals surface area contributed by atoms with Gasteiger partial charge in [0, 0.05) is 11.9 Å². The van der Waals surface area contributed by atoms with Crippen LogP contribution in [0.4, 0.5) is 0 Å². The van der Waals surface area contributed by atoms with Gasteiger partial charge in [0.05, 0.1) is 0 Å². The highest BCUT2D eigenvalue weighted by atomic mass is 79.9. The smallest absolute Gasteiger partial charge is 0.187 e. The molecule has 0 aromatic heterocycles. The number of halogens is 2. The van der Waals surface area contributed by atoms with Gasteiger partial charge in [-0.05, 0) is 13.8 Å². The first-order valence-electron chi connectivity index (χ1n) is 3.11. The van der Waals surface area contributed by atoms with E-state index in [9.17, 15) is 0 Å². The number of rotatable bonds is 0. The van der Waals surface area contributed by atoms with Crippen molar-refractivity contribution in [2.45, 2.75) is 26.3 Å². The summed E-state index contributed by atoms with van der Waals surface area (Å²) in [6.45, 7) is 5.87. The van der Waals surface area contributed by atoms with Gasteiger partial charge >= 0.3 is 0 Å². The predicted molar refractivity (Wildman–Crippen MR) is 55.6 cm³/mol. The van der Waals surface area contributed by atoms with Crippen LogP contribution in [0.2, 0.25) is 0 Å². The maximum Gasteiger partial charge on any atom is 0.187 e. The van der Waals surface area contributed by atoms with Crippen LogP contribution in [-0.4, -0.2) is 11.4 Å². The number of aliphatic imine (C=N–C) groups is 1. The Morgan fingerprint density at radius 3 is 2.27 bits per heavy atom. The van der Waals surface area contributed by atoms with E-state index < -0.39 is 0 Å². The normalized spacial score (nSPS) is 24.0. The molecule has 1 aliphatic heterocycles. The molecule has 1 heterocycles. The van der Waals surface area contributed by atoms with Gasteiger partial charge in [-0.3, -0.25) is 0 Å². The average molecular weight is 285 g/mol. The summed E-state index contributed by atoms with van der Waals surface area (Å²) in [5.41, 5.74) is -0.187. The minimum atomic E-state index is -0.187. The summed E-state index contributed by atoms with van der Waals surface area (Å²) in [4.78, 5) is 6.04. The molecule has 64 valence electrons. The molecule has 0 fully saturated rings. The SMILES string of the molecule is Br.CC1=NC(C)(C)C(=CBr)O1. The second-order valence-corrected chi connectivity index (χ2v) is 3.22. The highest BCUT2D eigenvalue weighted by molar-refractivity contribution is 9.11. The van der Waals surface area contributed by atoms with Crippen molar-refractivity contribution in [1.29, 1.82) is 0 Å². The molecule has 0 aliphatic carbocycles. The van der Waals surface area contributed by atoms with Crippen LogP contribution in [0.15, 0.2) is 15.7 Å². The van der Waals surface area contributed by atoms with Crippen LogP contribution in [-0.2, 0) is 4.74 Å². The summed E-state index contributed by atoms with van der Waals surface area (Å²) in [5, 5.41) is 0. The summed E-state index contributed by atoms with van der Waals surface area (Å²) in [7, 11) is 0. The largest absolute Gasteiger partial charge is 0.445 e. The first kappa shape index (κ1) is 11.2. The number of nitrogens with zero attached hydrogens (tertiary/aromatic N) is 1. The molecular weight excluding hydrogens is 274 g/mol. The zero-order valence-corrected chi connectivity index (χ0v) is 10.0. The number of hydrogen-bond acceptors (Lipinski definition) is 2. The van der Waals surface area contributed by atoms with Crippen LogP contribution in [0.1, 0.15) is 20.8 Å². The van der Waals surface area contributed by atoms with Crippen molar-refractivity contribution >= 4 is 38.8 Å². The minimum Gasteiger partial charge on any atom is -0.445 e. The standard InChI is InChI=1S/C7H10BrNO.BrH/c1-5-9-7(2,3)6(4-8)10-5;/h4H,1-3H3;1H. The lowest BCUT2D eigenvalue weighted by atomic mass is 10.1. The van der Waals surface area contributed by atoms with Crippen molar-refractivity contribution in [3.63, 3.8) is 0 Å². The van der Waals surface area contributed by atoms with Gasteiger partial charge < -0.3 is 4.74 Å². The van der Waals surface area contributed by atoms with E-state index in [1.54, 1.807) is 4.99 Å². The van der Waals surface area contributed by atoms with Gasteiger partial charge in [0.1, 0.15) is 11.3 Å². The lowest BCUT2D eigenvalue weighted by Gasteiger charge is -2.12. The Kier molecular flexibility index (Phi) is 3.77. The third-order valence-corrected chi connectivity index (χ3v) is 1.81. The molecule has 0 bridgehead atoms. The van der Waals surface area contributed by atoms with Crippen molar-refractivity contribution in [2.24, 2.45) is 4.99 Å². The van der Waals surface area contributed by atoms with Gasteiger partial charge in [0.25, 0.3) is 0 Å². The molecular formula is C7H11Br2NO. The van der Waals surface area contributed by atoms with Crippen molar-refractivity contribution in [1.82, 2.24) is 0 Å². The first-order valence-corrected chi connectivity index (χ1v) is 4.03. The molecule has 11 heavy (non-hydrogen) atoms. The minimum absolute atomic E-state index is 0. The van der Waals surface area contributed by atoms with Crippen molar-refractivity contribution in [3.05, 3.63) is 10.7 Å². The molecule has 0 unspecified atom stereocenters. The Morgan fingerprint density at radius 2 is 2.09 bits per heavy atom. The van der Waals surface area contributed by atoms with Crippen LogP contribution in [0, 0.1) is 0 Å². The monoisotopic (exact) mass is 283 g/mol. The quantitative estimate of drug-likeness (QED) is 0.670. The summed E-state index contributed by atoms with van der Waals surface area (Å²) in [6, 6.07) is 0. The summed E-state index contributed by atoms with van der Waals surface area (Å²) in [6.07, 6.45) is 0. The molecule has 0 saturated carbocycles. The maximum atomic E-state index is 5.29. The van der Waals surface area contributed by atoms with E-state index in [1.165, 1.54) is 0 Å². The molecule has 2 nitrogen and oxygen atoms in total. The van der Waals surface area contributed by atoms with Crippen LogP contribution >= 0.6 is 32.9 Å². The second kappa shape index (κ2) is 3.72. The van der Waals surface area contributed by atoms with E-state index >= 15 is 0 Å². The molecule has 0 N–H and O–H groups in total. The van der Waals surface area contributed by atoms with Crippen LogP contribution in [0.25, 0.3) is 0 Å². The van der Waals surface area contributed by atoms with Crippen LogP contribution in [0.3, 0.4) is 0 Å². The highest BCUT2D eigenvalue weighted by Crippen LogP contribution is 2.29. The molecule has 1 aliphatic rings. The van der Waals surface area contributed by atoms with Gasteiger partial charge in [0.2, 0.25) is 0 Å². The lowest BCUT2D eigenvalue weighted by Crippen LogP contribution is -2.14. The van der Waals surface area contributed by atoms with E-state index in [-0.39, 0.29) is 22.5 Å². The third-order valence-electron chi connectivity index (χ3n) is 1.40. The molecule has 0 aromatic rings. The Labute approximate surface area is 85.6 Å². The van der Waals surface area contributed by atoms with Gasteiger partial charge in [-0.15, -0.1) is 17.0 Å². The predicted octanol–water partition coefficient (Wildman–Crippen LogP) is 3.03. The highest BCUT2D eigenvalue weighted by Gasteiger charge is 2.30. The Hall–Kier alpha value is 0.170. The molecule has 1 rings (SSSR count). The molecule has 4 heteroatoms. The zero-order valence-electron chi connectivity index (χ0n) is 6.72. The molecule has 0 radical (unpaired) electrons. The van der Waals surface area contributed by atoms with Gasteiger partial charge in [-0.2, -0.15) is 0 Å². The topological polar surface area (TPSA) is 21.6 Å². The third kappa shape index (κ3) is 2.30. The second-order valence-electron chi connectivity index (χ2n) is 2.77. The van der Waals surface area contributed by atoms with E-state index in [2.05, 4.69) is 20.9 Å². The van der Waals surface area contributed by atoms with E-state index in [1.807, 2.05) is 20.8 Å². The van der Waals surface area contributed by atoms with E-state index in [0.717, 1.165) is 11.7 Å². The Morgan fingerprint density at radius 1 is 1.55 bits per heavy atom. The summed E-state index contributed by atoms with van der Waals surface area (Å²) < 4.78 is 5.29. The molecule has 0 aromatic carbocycles. The molecule has 0 spiro atoms. The summed E-state index contributed by atoms with van der Waals surface area (Å²) in [5.74, 6) is 1.60. The first-order chi connectivity index (χ1) is 4.56. The summed E-state index contributed by atoms with van der Waals surface area (Å²) >= 11 is 3.22. The fourth-order valence-electron chi connectivity index (χ4n) is 0.911. The van der Waals surface area contributed by atoms with Crippen molar-refractivity contribution in [3.8, 4) is 0 Å². The lowest BCUT2D eigenvalue weighted by molar-refractivity contribution is 0.381. The average Bonchev–Trinajstić information content (AvgIpc) is 2.04. The molecule has 0 saturated heterocycles. The van der Waals surface area contributed by atoms with Crippen molar-refractivity contribution in [2.75, 3.05) is 0 Å². The van der Waals surface area contributed by atoms with Gasteiger partial charge in [0.15, 0.2) is 5.90 Å². The van der Waals surface area contributed by atoms with Crippen LogP contribution < -0.4 is 0 Å². The van der Waals surface area contributed by atoms with Gasteiger partial charge in [-0.1, -0.05) is 15.9 Å². The Bertz CT molecular complexity index is 208. The van der Waals surface area contributed by atoms with E-state index in [4.69, 9.17) is 4.74 Å². The zero-order chi connectivity index (χ0) is 7.78. The Balaban J connectivity index is 0.000001000. The fraction of sp³-hybridized carbons (Fsp3) is 0.571. The molecule has 0 atom stereocenters. The van der Waals surface area contributed by atoms with Crippen molar-refractivity contribution < 1.29 is 4.74 Å². The number of hydrogen-bond donors (Lipinski definition) is 0. The van der Waals surface area contributed by atoms with E-state index in [0.29, 0.717) is 0 Å². The maximum absolute atomic E-state index is 5.29. The van der Waals surface area contributed by atoms with Gasteiger partial charge in [-0.25, -0.2) is 4.99 Å². The van der Waals surface area contributed by atoms with Crippen LogP contribution in [0.5, 0.6) is 0 Å². The number of ether oxygens (including phenoxy) is 1.